The van der Waals surface area contributed by atoms with Crippen molar-refractivity contribution in [3.05, 3.63) is 65.5 Å². The number of benzene rings is 2. The standard InChI is InChI=1S/C18H16FN3O3/c1-25-14-7-3-5-12(9-14)17(24)22-18-20-15(10-16(23)21-18)11-4-2-6-13(19)8-11/h2-9,15H,10H2,1H3,(H2,20,21,22,23,24)/t15-/m0/s1. The Balaban J connectivity index is 1.80. The summed E-state index contributed by atoms with van der Waals surface area (Å²) in [5.74, 6) is -0.554. The molecule has 0 fully saturated rings. The molecule has 6 nitrogen and oxygen atoms in total. The molecule has 3 rings (SSSR count). The van der Waals surface area contributed by atoms with Gasteiger partial charge in [0.05, 0.1) is 19.6 Å². The van der Waals surface area contributed by atoms with E-state index in [0.717, 1.165) is 0 Å². The number of ether oxygens (including phenoxy) is 1. The second kappa shape index (κ2) is 7.12. The van der Waals surface area contributed by atoms with E-state index in [2.05, 4.69) is 15.6 Å². The number of guanidine groups is 1. The highest BCUT2D eigenvalue weighted by Crippen LogP contribution is 2.24. The molecule has 128 valence electrons. The van der Waals surface area contributed by atoms with Crippen LogP contribution in [0.2, 0.25) is 0 Å². The number of aliphatic imine (C=N–C) groups is 1. The Bertz CT molecular complexity index is 851. The highest BCUT2D eigenvalue weighted by Gasteiger charge is 2.24. The van der Waals surface area contributed by atoms with E-state index in [0.29, 0.717) is 16.9 Å². The number of hydrogen-bond donors (Lipinski definition) is 2. The predicted octanol–water partition coefficient (Wildman–Crippen LogP) is 2.18. The average molecular weight is 341 g/mol. The maximum Gasteiger partial charge on any atom is 0.258 e. The summed E-state index contributed by atoms with van der Waals surface area (Å²) < 4.78 is 18.5. The lowest BCUT2D eigenvalue weighted by atomic mass is 10.0. The largest absolute Gasteiger partial charge is 0.497 e. The van der Waals surface area contributed by atoms with Gasteiger partial charge < -0.3 is 4.74 Å². The van der Waals surface area contributed by atoms with Crippen molar-refractivity contribution in [1.29, 1.82) is 0 Å². The zero-order valence-corrected chi connectivity index (χ0v) is 13.5. The van der Waals surface area contributed by atoms with E-state index in [9.17, 15) is 14.0 Å². The Labute approximate surface area is 143 Å². The fraction of sp³-hybridized carbons (Fsp3) is 0.167. The molecule has 0 saturated carbocycles. The van der Waals surface area contributed by atoms with Gasteiger partial charge in [-0.3, -0.25) is 20.2 Å². The molecule has 1 aliphatic heterocycles. The molecule has 0 radical (unpaired) electrons. The number of halogens is 1. The van der Waals surface area contributed by atoms with Crippen molar-refractivity contribution < 1.29 is 18.7 Å². The van der Waals surface area contributed by atoms with Crippen molar-refractivity contribution in [2.45, 2.75) is 12.5 Å². The van der Waals surface area contributed by atoms with Crippen molar-refractivity contribution in [2.24, 2.45) is 4.99 Å². The Kier molecular flexibility index (Phi) is 4.74. The zero-order chi connectivity index (χ0) is 17.8. The molecule has 1 aliphatic rings. The smallest absolute Gasteiger partial charge is 0.258 e. The molecule has 25 heavy (non-hydrogen) atoms. The first-order chi connectivity index (χ1) is 12.0. The first-order valence-corrected chi connectivity index (χ1v) is 7.63. The molecule has 1 heterocycles. The van der Waals surface area contributed by atoms with Crippen LogP contribution in [0.3, 0.4) is 0 Å². The maximum atomic E-state index is 13.4. The van der Waals surface area contributed by atoms with Crippen molar-refractivity contribution in [1.82, 2.24) is 10.6 Å². The van der Waals surface area contributed by atoms with Gasteiger partial charge in [0.1, 0.15) is 11.6 Å². The fourth-order valence-electron chi connectivity index (χ4n) is 2.51. The molecule has 0 aliphatic carbocycles. The summed E-state index contributed by atoms with van der Waals surface area (Å²) in [6.45, 7) is 0. The molecular formula is C18H16FN3O3. The van der Waals surface area contributed by atoms with Gasteiger partial charge in [-0.2, -0.15) is 0 Å². The summed E-state index contributed by atoms with van der Waals surface area (Å²) in [4.78, 5) is 28.5. The lowest BCUT2D eigenvalue weighted by Gasteiger charge is -2.21. The summed E-state index contributed by atoms with van der Waals surface area (Å²) in [6.07, 6.45) is 0.0853. The molecule has 0 bridgehead atoms. The Morgan fingerprint density at radius 1 is 1.28 bits per heavy atom. The van der Waals surface area contributed by atoms with Crippen molar-refractivity contribution in [2.75, 3.05) is 7.11 Å². The number of amides is 2. The number of nitrogens with zero attached hydrogens (tertiary/aromatic N) is 1. The van der Waals surface area contributed by atoms with Crippen LogP contribution in [0, 0.1) is 5.82 Å². The van der Waals surface area contributed by atoms with Crippen LogP contribution in [-0.2, 0) is 4.79 Å². The van der Waals surface area contributed by atoms with Crippen LogP contribution in [0.15, 0.2) is 53.5 Å². The SMILES string of the molecule is COc1cccc(C(=O)NC2=N[C@H](c3cccc(F)c3)CC(=O)N2)c1. The highest BCUT2D eigenvalue weighted by molar-refractivity contribution is 6.10. The number of nitrogens with one attached hydrogen (secondary N) is 2. The molecule has 2 aromatic rings. The Morgan fingerprint density at radius 3 is 2.84 bits per heavy atom. The minimum absolute atomic E-state index is 0.0401. The van der Waals surface area contributed by atoms with E-state index in [-0.39, 0.29) is 18.3 Å². The van der Waals surface area contributed by atoms with Gasteiger partial charge in [0.2, 0.25) is 11.9 Å². The normalized spacial score (nSPS) is 16.6. The third kappa shape index (κ3) is 4.00. The molecule has 2 aromatic carbocycles. The predicted molar refractivity (Wildman–Crippen MR) is 89.8 cm³/mol. The van der Waals surface area contributed by atoms with Crippen LogP contribution in [0.1, 0.15) is 28.4 Å². The van der Waals surface area contributed by atoms with Crippen molar-refractivity contribution in [3.8, 4) is 5.75 Å². The lowest BCUT2D eigenvalue weighted by Crippen LogP contribution is -2.47. The minimum atomic E-state index is -0.551. The van der Waals surface area contributed by atoms with Crippen LogP contribution in [-0.4, -0.2) is 24.9 Å². The highest BCUT2D eigenvalue weighted by atomic mass is 19.1. The second-order valence-corrected chi connectivity index (χ2v) is 5.49. The van der Waals surface area contributed by atoms with Crippen LogP contribution in [0.4, 0.5) is 4.39 Å². The van der Waals surface area contributed by atoms with Gasteiger partial charge in [0.25, 0.3) is 5.91 Å². The Morgan fingerprint density at radius 2 is 2.08 bits per heavy atom. The maximum absolute atomic E-state index is 13.4. The number of hydrogen-bond acceptors (Lipinski definition) is 4. The molecule has 7 heteroatoms. The molecule has 0 saturated heterocycles. The zero-order valence-electron chi connectivity index (χ0n) is 13.5. The monoisotopic (exact) mass is 341 g/mol. The number of carbonyl (C=O) groups excluding carboxylic acids is 2. The molecule has 2 N–H and O–H groups in total. The average Bonchev–Trinajstić information content (AvgIpc) is 2.61. The van der Waals surface area contributed by atoms with Crippen LogP contribution in [0.25, 0.3) is 0 Å². The molecular weight excluding hydrogens is 325 g/mol. The quantitative estimate of drug-likeness (QED) is 0.898. The first-order valence-electron chi connectivity index (χ1n) is 7.63. The van der Waals surface area contributed by atoms with E-state index >= 15 is 0 Å². The third-order valence-electron chi connectivity index (χ3n) is 3.72. The summed E-state index contributed by atoms with van der Waals surface area (Å²) >= 11 is 0. The summed E-state index contributed by atoms with van der Waals surface area (Å²) in [6, 6.07) is 11.9. The first kappa shape index (κ1) is 16.6. The van der Waals surface area contributed by atoms with Gasteiger partial charge in [0, 0.05) is 5.56 Å². The topological polar surface area (TPSA) is 79.8 Å². The van der Waals surface area contributed by atoms with Crippen LogP contribution < -0.4 is 15.4 Å². The van der Waals surface area contributed by atoms with E-state index in [1.807, 2.05) is 0 Å². The van der Waals surface area contributed by atoms with Crippen molar-refractivity contribution in [3.63, 3.8) is 0 Å². The van der Waals surface area contributed by atoms with E-state index < -0.39 is 17.8 Å². The second-order valence-electron chi connectivity index (χ2n) is 5.49. The summed E-state index contributed by atoms with van der Waals surface area (Å²) in [5, 5.41) is 5.08. The number of carbonyl (C=O) groups is 2. The van der Waals surface area contributed by atoms with Gasteiger partial charge in [-0.25, -0.2) is 9.38 Å². The van der Waals surface area contributed by atoms with Gasteiger partial charge in [0.15, 0.2) is 0 Å². The number of rotatable bonds is 3. The number of methoxy groups -OCH3 is 1. The van der Waals surface area contributed by atoms with Crippen LogP contribution >= 0.6 is 0 Å². The molecule has 2 amide bonds. The van der Waals surface area contributed by atoms with E-state index in [1.165, 1.54) is 19.2 Å². The molecule has 0 aromatic heterocycles. The van der Waals surface area contributed by atoms with Gasteiger partial charge in [-0.1, -0.05) is 18.2 Å². The Hall–Kier alpha value is -3.22. The van der Waals surface area contributed by atoms with E-state index in [4.69, 9.17) is 4.74 Å². The van der Waals surface area contributed by atoms with Crippen LogP contribution in [0.5, 0.6) is 5.75 Å². The fourth-order valence-corrected chi connectivity index (χ4v) is 2.51. The molecule has 0 spiro atoms. The lowest BCUT2D eigenvalue weighted by molar-refractivity contribution is -0.120. The molecule has 1 atom stereocenters. The van der Waals surface area contributed by atoms with E-state index in [1.54, 1.807) is 36.4 Å². The van der Waals surface area contributed by atoms with Gasteiger partial charge in [-0.15, -0.1) is 0 Å². The van der Waals surface area contributed by atoms with Gasteiger partial charge >= 0.3 is 0 Å². The van der Waals surface area contributed by atoms with Gasteiger partial charge in [-0.05, 0) is 35.9 Å². The summed E-state index contributed by atoms with van der Waals surface area (Å²) in [7, 11) is 1.51. The minimum Gasteiger partial charge on any atom is -0.497 e. The molecule has 0 unspecified atom stereocenters. The summed E-state index contributed by atoms with van der Waals surface area (Å²) in [5.41, 5.74) is 0.937. The third-order valence-corrected chi connectivity index (χ3v) is 3.72. The van der Waals surface area contributed by atoms with Crippen molar-refractivity contribution >= 4 is 17.8 Å².